The van der Waals surface area contributed by atoms with Crippen molar-refractivity contribution in [2.24, 2.45) is 0 Å². The van der Waals surface area contributed by atoms with Gasteiger partial charge in [0, 0.05) is 17.9 Å². The van der Waals surface area contributed by atoms with Gasteiger partial charge in [0.1, 0.15) is 5.82 Å². The van der Waals surface area contributed by atoms with Gasteiger partial charge in [0.05, 0.1) is 25.6 Å². The van der Waals surface area contributed by atoms with Gasteiger partial charge >= 0.3 is 0 Å². The predicted molar refractivity (Wildman–Crippen MR) is 103 cm³/mol. The summed E-state index contributed by atoms with van der Waals surface area (Å²) in [6.07, 6.45) is 2.19. The summed E-state index contributed by atoms with van der Waals surface area (Å²) in [6.45, 7) is 2.50. The highest BCUT2D eigenvalue weighted by molar-refractivity contribution is 5.94. The Morgan fingerprint density at radius 3 is 2.74 bits per heavy atom. The van der Waals surface area contributed by atoms with Gasteiger partial charge in [-0.05, 0) is 36.8 Å². The molecule has 1 aliphatic heterocycles. The second-order valence-corrected chi connectivity index (χ2v) is 6.34. The van der Waals surface area contributed by atoms with Gasteiger partial charge in [0.25, 0.3) is 0 Å². The smallest absolute Gasteiger partial charge is 0.226 e. The Kier molecular flexibility index (Phi) is 4.54. The molecule has 4 rings (SSSR count). The summed E-state index contributed by atoms with van der Waals surface area (Å²) in [5.74, 6) is 1.96. The molecular formula is C21H21N3O3. The van der Waals surface area contributed by atoms with Crippen molar-refractivity contribution in [3.05, 3.63) is 65.9 Å². The van der Waals surface area contributed by atoms with Gasteiger partial charge in [-0.3, -0.25) is 4.79 Å². The number of benzene rings is 2. The zero-order valence-corrected chi connectivity index (χ0v) is 15.3. The van der Waals surface area contributed by atoms with Crippen LogP contribution in [0.1, 0.15) is 30.4 Å². The molecule has 0 radical (unpaired) electrons. The number of rotatable bonds is 5. The van der Waals surface area contributed by atoms with Gasteiger partial charge in [0.2, 0.25) is 5.91 Å². The van der Waals surface area contributed by atoms with E-state index in [-0.39, 0.29) is 11.8 Å². The molecular weight excluding hydrogens is 342 g/mol. The number of fused-ring (bicyclic) bond motifs is 1. The van der Waals surface area contributed by atoms with Crippen LogP contribution in [0.4, 0.5) is 5.82 Å². The number of para-hydroxylation sites is 1. The van der Waals surface area contributed by atoms with Crippen LogP contribution in [-0.4, -0.2) is 29.4 Å². The van der Waals surface area contributed by atoms with E-state index >= 15 is 0 Å². The number of carbonyl (C=O) groups excluding carboxylic acids is 1. The van der Waals surface area contributed by atoms with Crippen LogP contribution in [0, 0.1) is 0 Å². The average molecular weight is 363 g/mol. The molecule has 2 aromatic carbocycles. The van der Waals surface area contributed by atoms with Crippen molar-refractivity contribution in [3.8, 4) is 17.2 Å². The molecule has 0 spiro atoms. The first-order chi connectivity index (χ1) is 13.2. The number of nitrogens with zero attached hydrogens (tertiary/aromatic N) is 2. The molecule has 138 valence electrons. The molecule has 2 heterocycles. The van der Waals surface area contributed by atoms with Crippen molar-refractivity contribution in [1.29, 1.82) is 0 Å². The Labute approximate surface area is 157 Å². The lowest BCUT2D eigenvalue weighted by Gasteiger charge is -2.24. The maximum absolute atomic E-state index is 12.4. The normalized spacial score (nSPS) is 15.8. The summed E-state index contributed by atoms with van der Waals surface area (Å²) in [5.41, 5.74) is 2.90. The number of methoxy groups -OCH3 is 1. The molecule has 1 atom stereocenters. The van der Waals surface area contributed by atoms with Crippen LogP contribution in [0.25, 0.3) is 5.69 Å². The quantitative estimate of drug-likeness (QED) is 0.750. The first kappa shape index (κ1) is 17.1. The Hall–Kier alpha value is -3.28. The molecule has 27 heavy (non-hydrogen) atoms. The van der Waals surface area contributed by atoms with Gasteiger partial charge in [-0.2, -0.15) is 5.10 Å². The van der Waals surface area contributed by atoms with Crippen molar-refractivity contribution in [3.63, 3.8) is 0 Å². The van der Waals surface area contributed by atoms with Gasteiger partial charge in [-0.15, -0.1) is 0 Å². The third kappa shape index (κ3) is 3.14. The summed E-state index contributed by atoms with van der Waals surface area (Å²) < 4.78 is 12.8. The lowest BCUT2D eigenvalue weighted by Crippen LogP contribution is -2.24. The van der Waals surface area contributed by atoms with E-state index in [0.29, 0.717) is 24.5 Å². The van der Waals surface area contributed by atoms with E-state index in [9.17, 15) is 4.79 Å². The number of ether oxygens (including phenoxy) is 2. The molecule has 0 saturated carbocycles. The topological polar surface area (TPSA) is 65.4 Å². The fourth-order valence-electron chi connectivity index (χ4n) is 3.46. The molecule has 0 fully saturated rings. The van der Waals surface area contributed by atoms with Crippen molar-refractivity contribution in [2.45, 2.75) is 19.3 Å². The van der Waals surface area contributed by atoms with E-state index in [4.69, 9.17) is 9.47 Å². The molecule has 1 amide bonds. The highest BCUT2D eigenvalue weighted by atomic mass is 16.5. The van der Waals surface area contributed by atoms with Crippen LogP contribution in [0.3, 0.4) is 0 Å². The predicted octanol–water partition coefficient (Wildman–Crippen LogP) is 3.75. The Morgan fingerprint density at radius 1 is 1.19 bits per heavy atom. The third-order valence-corrected chi connectivity index (χ3v) is 4.71. The highest BCUT2D eigenvalue weighted by Gasteiger charge is 2.30. The number of hydrogen-bond acceptors (Lipinski definition) is 4. The molecule has 0 aliphatic carbocycles. The lowest BCUT2D eigenvalue weighted by atomic mass is 9.87. The highest BCUT2D eigenvalue weighted by Crippen LogP contribution is 2.40. The van der Waals surface area contributed by atoms with Crippen LogP contribution < -0.4 is 14.8 Å². The summed E-state index contributed by atoms with van der Waals surface area (Å²) in [4.78, 5) is 12.4. The molecule has 1 aromatic heterocycles. The number of aromatic nitrogens is 2. The van der Waals surface area contributed by atoms with Crippen molar-refractivity contribution in [1.82, 2.24) is 9.78 Å². The Bertz CT molecular complexity index is 966. The zero-order chi connectivity index (χ0) is 18.8. The van der Waals surface area contributed by atoms with Crippen molar-refractivity contribution >= 4 is 11.7 Å². The zero-order valence-electron chi connectivity index (χ0n) is 15.3. The Morgan fingerprint density at radius 2 is 2.00 bits per heavy atom. The van der Waals surface area contributed by atoms with E-state index in [2.05, 4.69) is 10.4 Å². The van der Waals surface area contributed by atoms with Crippen LogP contribution in [0.15, 0.2) is 54.7 Å². The van der Waals surface area contributed by atoms with Gasteiger partial charge in [-0.1, -0.05) is 24.3 Å². The fourth-order valence-corrected chi connectivity index (χ4v) is 3.46. The SMILES string of the molecule is CCOc1ccc([C@@H]2CC(=O)Nc3c2cnn3-c2ccccc2)cc1OC. The monoisotopic (exact) mass is 363 g/mol. The van der Waals surface area contributed by atoms with E-state index in [0.717, 1.165) is 22.6 Å². The first-order valence-corrected chi connectivity index (χ1v) is 8.95. The first-order valence-electron chi connectivity index (χ1n) is 8.95. The Balaban J connectivity index is 1.76. The molecule has 0 saturated heterocycles. The van der Waals surface area contributed by atoms with Crippen LogP contribution >= 0.6 is 0 Å². The molecule has 0 unspecified atom stereocenters. The van der Waals surface area contributed by atoms with Crippen LogP contribution in [-0.2, 0) is 4.79 Å². The van der Waals surface area contributed by atoms with E-state index < -0.39 is 0 Å². The summed E-state index contributed by atoms with van der Waals surface area (Å²) in [5, 5.41) is 7.49. The van der Waals surface area contributed by atoms with Gasteiger partial charge in [0.15, 0.2) is 11.5 Å². The largest absolute Gasteiger partial charge is 0.493 e. The average Bonchev–Trinajstić information content (AvgIpc) is 3.12. The summed E-state index contributed by atoms with van der Waals surface area (Å²) >= 11 is 0. The van der Waals surface area contributed by atoms with E-state index in [1.807, 2.05) is 61.7 Å². The fraction of sp³-hybridized carbons (Fsp3) is 0.238. The molecule has 1 aliphatic rings. The number of hydrogen-bond donors (Lipinski definition) is 1. The minimum absolute atomic E-state index is 0.0296. The summed E-state index contributed by atoms with van der Waals surface area (Å²) in [7, 11) is 1.62. The molecule has 0 bridgehead atoms. The van der Waals surface area contributed by atoms with Crippen LogP contribution in [0.5, 0.6) is 11.5 Å². The molecule has 3 aromatic rings. The molecule has 1 N–H and O–H groups in total. The number of carbonyl (C=O) groups is 1. The third-order valence-electron chi connectivity index (χ3n) is 4.71. The second-order valence-electron chi connectivity index (χ2n) is 6.34. The molecule has 6 nitrogen and oxygen atoms in total. The molecule has 6 heteroatoms. The standard InChI is InChI=1S/C21H21N3O3/c1-3-27-18-10-9-14(11-19(18)26-2)16-12-20(25)23-21-17(16)13-22-24(21)15-7-5-4-6-8-15/h4-11,13,16H,3,12H2,1-2H3,(H,23,25)/t16-/m0/s1. The van der Waals surface area contributed by atoms with E-state index in [1.54, 1.807) is 11.8 Å². The van der Waals surface area contributed by atoms with Gasteiger partial charge in [-0.25, -0.2) is 4.68 Å². The van der Waals surface area contributed by atoms with Crippen LogP contribution in [0.2, 0.25) is 0 Å². The van der Waals surface area contributed by atoms with E-state index in [1.165, 1.54) is 0 Å². The van der Waals surface area contributed by atoms with Crippen molar-refractivity contribution < 1.29 is 14.3 Å². The maximum Gasteiger partial charge on any atom is 0.226 e. The maximum atomic E-state index is 12.4. The number of amides is 1. The number of nitrogens with one attached hydrogen (secondary N) is 1. The van der Waals surface area contributed by atoms with Crippen molar-refractivity contribution in [2.75, 3.05) is 19.0 Å². The second kappa shape index (κ2) is 7.15. The lowest BCUT2D eigenvalue weighted by molar-refractivity contribution is -0.116. The van der Waals surface area contributed by atoms with Gasteiger partial charge < -0.3 is 14.8 Å². The number of anilines is 1. The summed E-state index contributed by atoms with van der Waals surface area (Å²) in [6, 6.07) is 15.6. The minimum atomic E-state index is -0.0872. The minimum Gasteiger partial charge on any atom is -0.493 e.